The fourth-order valence-corrected chi connectivity index (χ4v) is 1.04. The van der Waals surface area contributed by atoms with Crippen molar-refractivity contribution in [2.45, 2.75) is 5.03 Å². The van der Waals surface area contributed by atoms with Gasteiger partial charge in [-0.15, -0.1) is 0 Å². The summed E-state index contributed by atoms with van der Waals surface area (Å²) in [5.74, 6) is -1.19. The molecule has 0 N–H and O–H groups in total. The summed E-state index contributed by atoms with van der Waals surface area (Å²) in [5, 5.41) is -1.17. The van der Waals surface area contributed by atoms with Gasteiger partial charge in [0, 0.05) is 6.20 Å². The average Bonchev–Trinajstić information content (AvgIpc) is 1.86. The average molecular weight is 179 g/mol. The molecule has 0 saturated heterocycles. The summed E-state index contributed by atoms with van der Waals surface area (Å²) in [5.41, 5.74) is 0. The molecule has 0 atom stereocenters. The molecule has 60 valence electrons. The molecule has 3 nitrogen and oxygen atoms in total. The molecule has 0 aliphatic rings. The number of pyridine rings is 1. The van der Waals surface area contributed by atoms with Crippen molar-refractivity contribution < 1.29 is 16.7 Å². The quantitative estimate of drug-likeness (QED) is 0.601. The van der Waals surface area contributed by atoms with Gasteiger partial charge in [-0.1, -0.05) is 3.89 Å². The van der Waals surface area contributed by atoms with Crippen LogP contribution in [0.25, 0.3) is 0 Å². The molecule has 0 saturated carbocycles. The van der Waals surface area contributed by atoms with E-state index in [9.17, 15) is 16.7 Å². The van der Waals surface area contributed by atoms with Crippen molar-refractivity contribution >= 4 is 10.2 Å². The highest BCUT2D eigenvalue weighted by Crippen LogP contribution is 2.11. The second kappa shape index (κ2) is 2.54. The Labute approximate surface area is 61.9 Å². The highest BCUT2D eigenvalue weighted by Gasteiger charge is 2.18. The Bertz CT molecular complexity index is 363. The molecular formula is C5H3F2NO2S. The fourth-order valence-electron chi connectivity index (χ4n) is 0.551. The number of aromatic nitrogens is 1. The van der Waals surface area contributed by atoms with E-state index in [4.69, 9.17) is 0 Å². The van der Waals surface area contributed by atoms with E-state index in [1.165, 1.54) is 6.07 Å². The standard InChI is InChI=1S/C5H3F2NO2S/c6-4-2-1-3-8-5(4)11(7,9)10/h1-3H. The highest BCUT2D eigenvalue weighted by molar-refractivity contribution is 7.86. The zero-order chi connectivity index (χ0) is 8.48. The Morgan fingerprint density at radius 2 is 2.09 bits per heavy atom. The fraction of sp³-hybridized carbons (Fsp3) is 0. The van der Waals surface area contributed by atoms with E-state index in [0.29, 0.717) is 0 Å². The minimum atomic E-state index is -5.02. The zero-order valence-electron chi connectivity index (χ0n) is 5.16. The second-order valence-corrected chi connectivity index (χ2v) is 2.99. The molecule has 0 fully saturated rings. The number of halogens is 2. The van der Waals surface area contributed by atoms with E-state index in [0.717, 1.165) is 12.3 Å². The van der Waals surface area contributed by atoms with Crippen LogP contribution in [0.4, 0.5) is 8.28 Å². The van der Waals surface area contributed by atoms with Crippen LogP contribution in [-0.2, 0) is 10.2 Å². The largest absolute Gasteiger partial charge is 0.352 e. The second-order valence-electron chi connectivity index (χ2n) is 1.73. The molecule has 1 heterocycles. The Balaban J connectivity index is 3.37. The molecule has 1 rings (SSSR count). The number of hydrogen-bond acceptors (Lipinski definition) is 3. The summed E-state index contributed by atoms with van der Waals surface area (Å²) in [7, 11) is -5.02. The van der Waals surface area contributed by atoms with Crippen LogP contribution in [0.2, 0.25) is 0 Å². The van der Waals surface area contributed by atoms with E-state index < -0.39 is 21.1 Å². The van der Waals surface area contributed by atoms with Gasteiger partial charge >= 0.3 is 10.2 Å². The first-order valence-electron chi connectivity index (χ1n) is 2.57. The summed E-state index contributed by atoms with van der Waals surface area (Å²) in [6.45, 7) is 0. The Hall–Kier alpha value is -1.04. The summed E-state index contributed by atoms with van der Waals surface area (Å²) >= 11 is 0. The summed E-state index contributed by atoms with van der Waals surface area (Å²) < 4.78 is 44.6. The molecule has 0 aliphatic carbocycles. The molecule has 0 bridgehead atoms. The zero-order valence-corrected chi connectivity index (χ0v) is 5.98. The lowest BCUT2D eigenvalue weighted by Crippen LogP contribution is -1.98. The summed E-state index contributed by atoms with van der Waals surface area (Å²) in [6, 6.07) is 1.99. The monoisotopic (exact) mass is 179 g/mol. The van der Waals surface area contributed by atoms with Crippen molar-refractivity contribution in [2.24, 2.45) is 0 Å². The van der Waals surface area contributed by atoms with Gasteiger partial charge < -0.3 is 0 Å². The van der Waals surface area contributed by atoms with Gasteiger partial charge in [0.1, 0.15) is 0 Å². The smallest absolute Gasteiger partial charge is 0.240 e. The van der Waals surface area contributed by atoms with E-state index in [2.05, 4.69) is 4.98 Å². The van der Waals surface area contributed by atoms with Crippen LogP contribution >= 0.6 is 0 Å². The maximum Gasteiger partial charge on any atom is 0.352 e. The van der Waals surface area contributed by atoms with Crippen LogP contribution in [0.3, 0.4) is 0 Å². The van der Waals surface area contributed by atoms with E-state index in [1.807, 2.05) is 0 Å². The van der Waals surface area contributed by atoms with E-state index >= 15 is 0 Å². The van der Waals surface area contributed by atoms with Gasteiger partial charge in [-0.3, -0.25) is 0 Å². The van der Waals surface area contributed by atoms with Crippen LogP contribution in [0.1, 0.15) is 0 Å². The molecule has 11 heavy (non-hydrogen) atoms. The molecule has 0 aliphatic heterocycles. The SMILES string of the molecule is O=S(=O)(F)c1ncccc1F. The third kappa shape index (κ3) is 1.70. The maximum absolute atomic E-state index is 12.4. The molecule has 0 unspecified atom stereocenters. The Kier molecular flexibility index (Phi) is 1.86. The van der Waals surface area contributed by atoms with Gasteiger partial charge in [0.05, 0.1) is 0 Å². The van der Waals surface area contributed by atoms with E-state index in [1.54, 1.807) is 0 Å². The predicted molar refractivity (Wildman–Crippen MR) is 32.5 cm³/mol. The molecule has 1 aromatic heterocycles. The minimum absolute atomic E-state index is 0.819. The number of nitrogens with zero attached hydrogens (tertiary/aromatic N) is 1. The molecule has 0 aromatic carbocycles. The lowest BCUT2D eigenvalue weighted by atomic mass is 10.5. The van der Waals surface area contributed by atoms with Crippen molar-refractivity contribution in [3.63, 3.8) is 0 Å². The molecule has 1 aromatic rings. The molecule has 6 heteroatoms. The number of hydrogen-bond donors (Lipinski definition) is 0. The van der Waals surface area contributed by atoms with Crippen molar-refractivity contribution in [3.05, 3.63) is 24.1 Å². The lowest BCUT2D eigenvalue weighted by Gasteiger charge is -1.92. The van der Waals surface area contributed by atoms with Gasteiger partial charge in [0.25, 0.3) is 0 Å². The van der Waals surface area contributed by atoms with Crippen LogP contribution in [0.15, 0.2) is 23.4 Å². The van der Waals surface area contributed by atoms with Gasteiger partial charge in [-0.05, 0) is 12.1 Å². The van der Waals surface area contributed by atoms with Crippen molar-refractivity contribution in [1.82, 2.24) is 4.98 Å². The van der Waals surface area contributed by atoms with Crippen molar-refractivity contribution in [2.75, 3.05) is 0 Å². The van der Waals surface area contributed by atoms with Crippen molar-refractivity contribution in [3.8, 4) is 0 Å². The first kappa shape index (κ1) is 8.06. The first-order valence-corrected chi connectivity index (χ1v) is 3.95. The normalized spacial score (nSPS) is 11.5. The van der Waals surface area contributed by atoms with Gasteiger partial charge in [0.15, 0.2) is 5.82 Å². The lowest BCUT2D eigenvalue weighted by molar-refractivity contribution is 0.523. The van der Waals surface area contributed by atoms with Crippen molar-refractivity contribution in [1.29, 1.82) is 0 Å². The van der Waals surface area contributed by atoms with Gasteiger partial charge in [-0.2, -0.15) is 8.42 Å². The first-order chi connectivity index (χ1) is 5.02. The predicted octanol–water partition coefficient (Wildman–Crippen LogP) is 0.879. The van der Waals surface area contributed by atoms with Gasteiger partial charge in [-0.25, -0.2) is 9.37 Å². The summed E-state index contributed by atoms with van der Waals surface area (Å²) in [4.78, 5) is 3.01. The highest BCUT2D eigenvalue weighted by atomic mass is 32.3. The van der Waals surface area contributed by atoms with Crippen LogP contribution in [0, 0.1) is 5.82 Å². The maximum atomic E-state index is 12.4. The van der Waals surface area contributed by atoms with Gasteiger partial charge in [0.2, 0.25) is 5.03 Å². The topological polar surface area (TPSA) is 47.0 Å². The van der Waals surface area contributed by atoms with E-state index in [-0.39, 0.29) is 0 Å². The third-order valence-corrected chi connectivity index (χ3v) is 1.72. The molecular weight excluding hydrogens is 176 g/mol. The van der Waals surface area contributed by atoms with Crippen LogP contribution < -0.4 is 0 Å². The molecule has 0 radical (unpaired) electrons. The molecule has 0 spiro atoms. The Morgan fingerprint density at radius 3 is 2.45 bits per heavy atom. The Morgan fingerprint density at radius 1 is 1.45 bits per heavy atom. The van der Waals surface area contributed by atoms with Crippen LogP contribution in [0.5, 0.6) is 0 Å². The summed E-state index contributed by atoms with van der Waals surface area (Å²) in [6.07, 6.45) is 0.996. The third-order valence-electron chi connectivity index (χ3n) is 0.956. The van der Waals surface area contributed by atoms with Crippen LogP contribution in [-0.4, -0.2) is 13.4 Å². The molecule has 0 amide bonds. The number of rotatable bonds is 1. The minimum Gasteiger partial charge on any atom is -0.240 e.